The molecular formula is C21H29N5O2. The van der Waals surface area contributed by atoms with Crippen molar-refractivity contribution in [2.24, 2.45) is 11.3 Å². The Morgan fingerprint density at radius 1 is 1.32 bits per heavy atom. The highest BCUT2D eigenvalue weighted by Crippen LogP contribution is 2.49. The van der Waals surface area contributed by atoms with E-state index >= 15 is 0 Å². The maximum absolute atomic E-state index is 13.3. The summed E-state index contributed by atoms with van der Waals surface area (Å²) in [7, 11) is 0. The zero-order valence-electron chi connectivity index (χ0n) is 17.0. The van der Waals surface area contributed by atoms with Gasteiger partial charge >= 0.3 is 0 Å². The van der Waals surface area contributed by atoms with Crippen LogP contribution in [0.4, 0.5) is 0 Å². The number of carbonyl (C=O) groups is 1. The molecule has 2 aromatic rings. The minimum Gasteiger partial charge on any atom is -0.423 e. The van der Waals surface area contributed by atoms with Gasteiger partial charge in [-0.15, -0.1) is 10.2 Å². The molecule has 2 fully saturated rings. The Bertz CT molecular complexity index is 811. The Balaban J connectivity index is 1.56. The third kappa shape index (κ3) is 3.81. The molecule has 1 unspecified atom stereocenters. The van der Waals surface area contributed by atoms with Gasteiger partial charge in [0, 0.05) is 32.4 Å². The molecule has 0 N–H and O–H groups in total. The molecular weight excluding hydrogens is 354 g/mol. The quantitative estimate of drug-likeness (QED) is 0.808. The molecule has 4 heterocycles. The molecule has 0 radical (unpaired) electrons. The van der Waals surface area contributed by atoms with Crippen LogP contribution in [0.2, 0.25) is 0 Å². The van der Waals surface area contributed by atoms with Crippen molar-refractivity contribution in [3.63, 3.8) is 0 Å². The van der Waals surface area contributed by atoms with E-state index in [0.717, 1.165) is 45.4 Å². The van der Waals surface area contributed by atoms with Gasteiger partial charge in [-0.1, -0.05) is 13.8 Å². The first-order valence-corrected chi connectivity index (χ1v) is 10.2. The normalized spacial score (nSPS) is 22.3. The Labute approximate surface area is 166 Å². The maximum atomic E-state index is 13.3. The van der Waals surface area contributed by atoms with E-state index in [0.29, 0.717) is 23.3 Å². The van der Waals surface area contributed by atoms with Crippen LogP contribution in [0.25, 0.3) is 0 Å². The molecule has 0 aliphatic carbocycles. The Morgan fingerprint density at radius 2 is 2.11 bits per heavy atom. The van der Waals surface area contributed by atoms with E-state index in [1.54, 1.807) is 25.4 Å². The summed E-state index contributed by atoms with van der Waals surface area (Å²) in [6.45, 7) is 10.4. The molecule has 2 aliphatic rings. The van der Waals surface area contributed by atoms with E-state index < -0.39 is 0 Å². The van der Waals surface area contributed by atoms with E-state index in [1.807, 2.05) is 11.0 Å². The van der Waals surface area contributed by atoms with Gasteiger partial charge in [0.2, 0.25) is 11.8 Å². The summed E-state index contributed by atoms with van der Waals surface area (Å²) in [6.07, 6.45) is 6.40. The van der Waals surface area contributed by atoms with Gasteiger partial charge in [0.25, 0.3) is 5.91 Å². The lowest BCUT2D eigenvalue weighted by atomic mass is 9.76. The fourth-order valence-electron chi connectivity index (χ4n) is 4.68. The summed E-state index contributed by atoms with van der Waals surface area (Å²) >= 11 is 0. The molecule has 28 heavy (non-hydrogen) atoms. The molecule has 1 amide bonds. The Hall–Kier alpha value is -2.28. The number of pyridine rings is 1. The lowest BCUT2D eigenvalue weighted by Crippen LogP contribution is -2.43. The van der Waals surface area contributed by atoms with Gasteiger partial charge in [0.15, 0.2) is 0 Å². The van der Waals surface area contributed by atoms with Crippen molar-refractivity contribution in [3.05, 3.63) is 41.9 Å². The summed E-state index contributed by atoms with van der Waals surface area (Å²) < 4.78 is 5.75. The molecule has 2 saturated heterocycles. The number of amides is 1. The summed E-state index contributed by atoms with van der Waals surface area (Å²) in [4.78, 5) is 21.9. The van der Waals surface area contributed by atoms with E-state index in [9.17, 15) is 4.79 Å². The van der Waals surface area contributed by atoms with E-state index in [2.05, 4.69) is 33.9 Å². The zero-order valence-corrected chi connectivity index (χ0v) is 17.0. The summed E-state index contributed by atoms with van der Waals surface area (Å²) in [5, 5.41) is 8.25. The van der Waals surface area contributed by atoms with Crippen molar-refractivity contribution in [2.75, 3.05) is 26.2 Å². The predicted molar refractivity (Wildman–Crippen MR) is 105 cm³/mol. The van der Waals surface area contributed by atoms with Crippen LogP contribution >= 0.6 is 0 Å². The topological polar surface area (TPSA) is 75.4 Å². The SMILES string of the molecule is Cc1nnc(C2CC3(CCN(CC(C)C)CC3)CN2C(=O)c2cccnc2)o1. The fourth-order valence-corrected chi connectivity index (χ4v) is 4.68. The van der Waals surface area contributed by atoms with Crippen LogP contribution in [0.1, 0.15) is 61.3 Å². The molecule has 150 valence electrons. The second-order valence-corrected chi connectivity index (χ2v) is 8.75. The molecule has 0 saturated carbocycles. The van der Waals surface area contributed by atoms with Crippen LogP contribution in [0.3, 0.4) is 0 Å². The van der Waals surface area contributed by atoms with Crippen LogP contribution in [-0.4, -0.2) is 57.1 Å². The highest BCUT2D eigenvalue weighted by molar-refractivity contribution is 5.94. The van der Waals surface area contributed by atoms with E-state index in [4.69, 9.17) is 4.42 Å². The molecule has 7 nitrogen and oxygen atoms in total. The summed E-state index contributed by atoms with van der Waals surface area (Å²) in [5.74, 6) is 1.76. The molecule has 7 heteroatoms. The highest BCUT2D eigenvalue weighted by atomic mass is 16.4. The summed E-state index contributed by atoms with van der Waals surface area (Å²) in [5.41, 5.74) is 0.733. The van der Waals surface area contributed by atoms with Crippen molar-refractivity contribution in [1.82, 2.24) is 25.0 Å². The van der Waals surface area contributed by atoms with Crippen LogP contribution in [-0.2, 0) is 0 Å². The number of piperidine rings is 1. The number of hydrogen-bond acceptors (Lipinski definition) is 6. The molecule has 2 aromatic heterocycles. The molecule has 4 rings (SSSR count). The third-order valence-electron chi connectivity index (χ3n) is 6.04. The van der Waals surface area contributed by atoms with Crippen LogP contribution in [0, 0.1) is 18.3 Å². The average Bonchev–Trinajstić information content (AvgIpc) is 3.28. The molecule has 0 bridgehead atoms. The molecule has 1 atom stereocenters. The first kappa shape index (κ1) is 19.1. The van der Waals surface area contributed by atoms with Gasteiger partial charge < -0.3 is 14.2 Å². The van der Waals surface area contributed by atoms with Gasteiger partial charge in [0.1, 0.15) is 6.04 Å². The second-order valence-electron chi connectivity index (χ2n) is 8.75. The first-order chi connectivity index (χ1) is 13.5. The molecule has 0 aromatic carbocycles. The molecule has 1 spiro atoms. The number of likely N-dealkylation sites (tertiary alicyclic amines) is 2. The van der Waals surface area contributed by atoms with E-state index in [1.165, 1.54) is 0 Å². The van der Waals surface area contributed by atoms with Gasteiger partial charge in [-0.25, -0.2) is 0 Å². The highest BCUT2D eigenvalue weighted by Gasteiger charge is 2.49. The monoisotopic (exact) mass is 383 g/mol. The second kappa shape index (κ2) is 7.62. The lowest BCUT2D eigenvalue weighted by Gasteiger charge is -2.39. The maximum Gasteiger partial charge on any atom is 0.256 e. The van der Waals surface area contributed by atoms with Gasteiger partial charge in [-0.3, -0.25) is 9.78 Å². The molecule has 2 aliphatic heterocycles. The minimum absolute atomic E-state index is 0.00422. The zero-order chi connectivity index (χ0) is 19.7. The van der Waals surface area contributed by atoms with Gasteiger partial charge in [-0.05, 0) is 55.8 Å². The first-order valence-electron chi connectivity index (χ1n) is 10.2. The number of rotatable bonds is 4. The van der Waals surface area contributed by atoms with Gasteiger partial charge in [0.05, 0.1) is 5.56 Å². The van der Waals surface area contributed by atoms with Crippen LogP contribution in [0.15, 0.2) is 28.9 Å². The largest absolute Gasteiger partial charge is 0.423 e. The van der Waals surface area contributed by atoms with Crippen molar-refractivity contribution in [1.29, 1.82) is 0 Å². The van der Waals surface area contributed by atoms with Crippen molar-refractivity contribution in [3.8, 4) is 0 Å². The standard InChI is InChI=1S/C21H29N5O2/c1-15(2)13-25-9-6-21(7-10-25)11-18(19-24-23-16(3)28-19)26(14-21)20(27)17-5-4-8-22-12-17/h4-5,8,12,15,18H,6-7,9-11,13-14H2,1-3H3. The smallest absolute Gasteiger partial charge is 0.256 e. The Kier molecular flexibility index (Phi) is 5.19. The number of aryl methyl sites for hydroxylation is 1. The lowest BCUT2D eigenvalue weighted by molar-refractivity contribution is 0.0664. The van der Waals surface area contributed by atoms with Gasteiger partial charge in [-0.2, -0.15) is 0 Å². The number of nitrogens with zero attached hydrogens (tertiary/aromatic N) is 5. The predicted octanol–water partition coefficient (Wildman–Crippen LogP) is 3.10. The van der Waals surface area contributed by atoms with Crippen molar-refractivity contribution >= 4 is 5.91 Å². The average molecular weight is 383 g/mol. The van der Waals surface area contributed by atoms with Crippen molar-refractivity contribution < 1.29 is 9.21 Å². The van der Waals surface area contributed by atoms with Crippen molar-refractivity contribution in [2.45, 2.75) is 46.1 Å². The Morgan fingerprint density at radius 3 is 2.71 bits per heavy atom. The fraction of sp³-hybridized carbons (Fsp3) is 0.619. The number of hydrogen-bond donors (Lipinski definition) is 0. The number of carbonyl (C=O) groups excluding carboxylic acids is 1. The van der Waals surface area contributed by atoms with Crippen LogP contribution in [0.5, 0.6) is 0 Å². The van der Waals surface area contributed by atoms with Crippen LogP contribution < -0.4 is 0 Å². The number of aromatic nitrogens is 3. The van der Waals surface area contributed by atoms with E-state index in [-0.39, 0.29) is 17.4 Å². The summed E-state index contributed by atoms with van der Waals surface area (Å²) in [6, 6.07) is 3.46. The minimum atomic E-state index is -0.162. The third-order valence-corrected chi connectivity index (χ3v) is 6.04.